The quantitative estimate of drug-likeness (QED) is 0.291. The number of ketones is 1. The Balaban J connectivity index is 1.47. The van der Waals surface area contributed by atoms with Crippen LogP contribution in [0, 0.1) is 0 Å². The van der Waals surface area contributed by atoms with Gasteiger partial charge in [-0.25, -0.2) is 0 Å². The van der Waals surface area contributed by atoms with E-state index in [0.29, 0.717) is 69.6 Å². The first-order valence-corrected chi connectivity index (χ1v) is 11.8. The number of hydrogen-bond acceptors (Lipinski definition) is 6. The van der Waals surface area contributed by atoms with E-state index in [1.54, 1.807) is 48.5 Å². The van der Waals surface area contributed by atoms with Crippen molar-refractivity contribution in [1.82, 2.24) is 0 Å². The Morgan fingerprint density at radius 1 is 1.00 bits per heavy atom. The number of benzene rings is 3. The number of Topliss-reactive ketones (excluding diaryl/α,β-unsaturated/α-hetero) is 1. The second-order valence-corrected chi connectivity index (χ2v) is 8.70. The first-order chi connectivity index (χ1) is 17.0. The summed E-state index contributed by atoms with van der Waals surface area (Å²) in [5.74, 6) is 1.62. The lowest BCUT2D eigenvalue weighted by molar-refractivity contribution is 0.0921. The van der Waals surface area contributed by atoms with Crippen molar-refractivity contribution >= 4 is 28.4 Å². The smallest absolute Gasteiger partial charge is 0.200 e. The van der Waals surface area contributed by atoms with Crippen molar-refractivity contribution in [1.29, 1.82) is 0 Å². The fraction of sp³-hybridized carbons (Fsp3) is 0.214. The van der Waals surface area contributed by atoms with Crippen molar-refractivity contribution < 1.29 is 23.4 Å². The number of fused-ring (bicyclic) bond motifs is 2. The van der Waals surface area contributed by atoms with E-state index in [2.05, 4.69) is 0 Å². The molecule has 0 radical (unpaired) electrons. The number of rotatable bonds is 7. The third kappa shape index (κ3) is 4.75. The maximum atomic E-state index is 13.4. The summed E-state index contributed by atoms with van der Waals surface area (Å²) in [5, 5.41) is 1.02. The summed E-state index contributed by atoms with van der Waals surface area (Å²) in [5.41, 5.74) is 2.73. The predicted molar refractivity (Wildman–Crippen MR) is 134 cm³/mol. The van der Waals surface area contributed by atoms with E-state index in [-0.39, 0.29) is 17.8 Å². The Morgan fingerprint density at radius 2 is 1.77 bits per heavy atom. The number of carbonyl (C=O) groups excluding carboxylic acids is 1. The molecular weight excluding hydrogens is 468 g/mol. The first-order valence-electron chi connectivity index (χ1n) is 11.4. The molecule has 4 aromatic rings. The van der Waals surface area contributed by atoms with Crippen LogP contribution in [0.25, 0.3) is 22.1 Å². The molecule has 1 aromatic heterocycles. The van der Waals surface area contributed by atoms with Gasteiger partial charge in [0.25, 0.3) is 0 Å². The molecule has 7 heteroatoms. The van der Waals surface area contributed by atoms with E-state index in [1.807, 2.05) is 13.0 Å². The van der Waals surface area contributed by atoms with Gasteiger partial charge in [0.1, 0.15) is 30.8 Å². The van der Waals surface area contributed by atoms with Gasteiger partial charge in [-0.05, 0) is 60.0 Å². The Bertz CT molecular complexity index is 1460. The summed E-state index contributed by atoms with van der Waals surface area (Å²) in [7, 11) is 0. The lowest BCUT2D eigenvalue weighted by atomic mass is 10.0. The Morgan fingerprint density at radius 3 is 2.54 bits per heavy atom. The fourth-order valence-corrected chi connectivity index (χ4v) is 4.20. The highest BCUT2D eigenvalue weighted by Gasteiger charge is 2.18. The topological polar surface area (TPSA) is 75.0 Å². The van der Waals surface area contributed by atoms with Crippen LogP contribution in [0.1, 0.15) is 29.3 Å². The fourth-order valence-electron chi connectivity index (χ4n) is 4.07. The predicted octanol–water partition coefficient (Wildman–Crippen LogP) is 6.10. The summed E-state index contributed by atoms with van der Waals surface area (Å²) in [6.07, 6.45) is 2.98. The highest BCUT2D eigenvalue weighted by molar-refractivity contribution is 6.30. The lowest BCUT2D eigenvalue weighted by Crippen LogP contribution is -2.15. The van der Waals surface area contributed by atoms with Gasteiger partial charge >= 0.3 is 0 Å². The molecular formula is C28H23ClO6. The largest absolute Gasteiger partial charge is 0.486 e. The molecule has 178 valence electrons. The van der Waals surface area contributed by atoms with Crippen LogP contribution in [0.2, 0.25) is 5.02 Å². The Labute approximate surface area is 207 Å². The molecule has 0 fully saturated rings. The molecule has 5 rings (SSSR count). The minimum atomic E-state index is -0.167. The van der Waals surface area contributed by atoms with Crippen molar-refractivity contribution in [3.63, 3.8) is 0 Å². The van der Waals surface area contributed by atoms with Crippen molar-refractivity contribution in [2.75, 3.05) is 19.8 Å². The first kappa shape index (κ1) is 23.0. The zero-order valence-corrected chi connectivity index (χ0v) is 19.9. The van der Waals surface area contributed by atoms with E-state index in [1.165, 1.54) is 6.26 Å². The third-order valence-corrected chi connectivity index (χ3v) is 6.11. The van der Waals surface area contributed by atoms with E-state index >= 15 is 0 Å². The molecule has 0 saturated carbocycles. The van der Waals surface area contributed by atoms with Gasteiger partial charge in [0.2, 0.25) is 5.43 Å². The van der Waals surface area contributed by atoms with Crippen LogP contribution in [-0.4, -0.2) is 25.6 Å². The summed E-state index contributed by atoms with van der Waals surface area (Å²) in [6.45, 7) is 2.87. The second-order valence-electron chi connectivity index (χ2n) is 8.26. The van der Waals surface area contributed by atoms with Crippen molar-refractivity contribution in [3.05, 3.63) is 87.2 Å². The van der Waals surface area contributed by atoms with Crippen molar-refractivity contribution in [2.24, 2.45) is 0 Å². The number of hydrogen-bond donors (Lipinski definition) is 0. The standard InChI is InChI=1S/C28H23ClO6/c1-2-3-19-12-21-26(14-25(19)35-16-23(30)17-4-7-20(29)8-5-17)34-15-22(28(21)31)18-6-9-24-27(13-18)33-11-10-32-24/h4-9,12-15H,2-3,10-11,16H2,1H3. The van der Waals surface area contributed by atoms with Gasteiger partial charge in [-0.2, -0.15) is 0 Å². The van der Waals surface area contributed by atoms with Crippen LogP contribution in [-0.2, 0) is 6.42 Å². The summed E-state index contributed by atoms with van der Waals surface area (Å²) in [4.78, 5) is 26.0. The summed E-state index contributed by atoms with van der Waals surface area (Å²) in [6, 6.07) is 15.6. The molecule has 0 saturated heterocycles. The number of ether oxygens (including phenoxy) is 3. The minimum Gasteiger partial charge on any atom is -0.486 e. The maximum absolute atomic E-state index is 13.4. The highest BCUT2D eigenvalue weighted by Crippen LogP contribution is 2.35. The van der Waals surface area contributed by atoms with E-state index in [4.69, 9.17) is 30.2 Å². The van der Waals surface area contributed by atoms with Gasteiger partial charge in [-0.3, -0.25) is 9.59 Å². The van der Waals surface area contributed by atoms with Crippen LogP contribution >= 0.6 is 11.6 Å². The van der Waals surface area contributed by atoms with Crippen LogP contribution < -0.4 is 19.6 Å². The molecule has 0 atom stereocenters. The molecule has 35 heavy (non-hydrogen) atoms. The minimum absolute atomic E-state index is 0.136. The summed E-state index contributed by atoms with van der Waals surface area (Å²) >= 11 is 5.90. The van der Waals surface area contributed by atoms with E-state index in [0.717, 1.165) is 12.0 Å². The molecule has 0 amide bonds. The van der Waals surface area contributed by atoms with Crippen LogP contribution in [0.4, 0.5) is 0 Å². The molecule has 0 aliphatic carbocycles. The average Bonchev–Trinajstić information content (AvgIpc) is 2.88. The lowest BCUT2D eigenvalue weighted by Gasteiger charge is -2.18. The monoisotopic (exact) mass is 490 g/mol. The van der Waals surface area contributed by atoms with Gasteiger partial charge in [-0.1, -0.05) is 31.0 Å². The van der Waals surface area contributed by atoms with Crippen LogP contribution in [0.3, 0.4) is 0 Å². The molecule has 0 unspecified atom stereocenters. The molecule has 1 aliphatic heterocycles. The number of aryl methyl sites for hydroxylation is 1. The number of carbonyl (C=O) groups is 1. The van der Waals surface area contributed by atoms with Gasteiger partial charge in [-0.15, -0.1) is 0 Å². The molecule has 0 N–H and O–H groups in total. The highest BCUT2D eigenvalue weighted by atomic mass is 35.5. The molecule has 0 spiro atoms. The van der Waals surface area contributed by atoms with Gasteiger partial charge < -0.3 is 18.6 Å². The van der Waals surface area contributed by atoms with Gasteiger partial charge in [0.15, 0.2) is 23.9 Å². The van der Waals surface area contributed by atoms with E-state index in [9.17, 15) is 9.59 Å². The molecule has 2 heterocycles. The zero-order chi connectivity index (χ0) is 24.4. The van der Waals surface area contributed by atoms with Crippen molar-refractivity contribution in [3.8, 4) is 28.4 Å². The number of halogens is 1. The Kier molecular flexibility index (Phi) is 6.47. The van der Waals surface area contributed by atoms with Crippen molar-refractivity contribution in [2.45, 2.75) is 19.8 Å². The molecule has 3 aromatic carbocycles. The third-order valence-electron chi connectivity index (χ3n) is 5.85. The zero-order valence-electron chi connectivity index (χ0n) is 19.1. The summed E-state index contributed by atoms with van der Waals surface area (Å²) < 4.78 is 23.0. The Hall–Kier alpha value is -3.77. The molecule has 1 aliphatic rings. The normalized spacial score (nSPS) is 12.5. The van der Waals surface area contributed by atoms with Crippen LogP contribution in [0.15, 0.2) is 70.1 Å². The molecule has 0 bridgehead atoms. The van der Waals surface area contributed by atoms with E-state index < -0.39 is 0 Å². The molecule has 6 nitrogen and oxygen atoms in total. The maximum Gasteiger partial charge on any atom is 0.200 e. The second kappa shape index (κ2) is 9.84. The SMILES string of the molecule is CCCc1cc2c(=O)c(-c3ccc4c(c3)OCCO4)coc2cc1OCC(=O)c1ccc(Cl)cc1. The average molecular weight is 491 g/mol. The van der Waals surface area contributed by atoms with Gasteiger partial charge in [0.05, 0.1) is 10.9 Å². The van der Waals surface area contributed by atoms with Crippen LogP contribution in [0.5, 0.6) is 17.2 Å². The van der Waals surface area contributed by atoms with Gasteiger partial charge in [0, 0.05) is 16.7 Å².